The molecule has 2 aromatic heterocycles. The second-order valence-corrected chi connectivity index (χ2v) is 19.3. The summed E-state index contributed by atoms with van der Waals surface area (Å²) >= 11 is 0. The highest BCUT2D eigenvalue weighted by Gasteiger charge is 2.20. The summed E-state index contributed by atoms with van der Waals surface area (Å²) in [5.41, 5.74) is 14.5. The van der Waals surface area contributed by atoms with Crippen LogP contribution >= 0.6 is 0 Å². The van der Waals surface area contributed by atoms with Crippen molar-refractivity contribution in [1.82, 2.24) is 9.13 Å². The molecule has 0 fully saturated rings. The predicted molar refractivity (Wildman–Crippen MR) is 304 cm³/mol. The van der Waals surface area contributed by atoms with Crippen molar-refractivity contribution < 1.29 is 0 Å². The fraction of sp³-hybridized carbons (Fsp3) is 0.0145. The van der Waals surface area contributed by atoms with Crippen molar-refractivity contribution in [2.45, 2.75) is 6.92 Å². The first-order chi connectivity index (χ1) is 35.1. The van der Waals surface area contributed by atoms with Crippen LogP contribution in [0.1, 0.15) is 5.69 Å². The average Bonchev–Trinajstić information content (AvgIpc) is 3.96. The first-order valence-corrected chi connectivity index (χ1v) is 24.7. The number of fused-ring (bicyclic) bond motifs is 14. The van der Waals surface area contributed by atoms with Gasteiger partial charge < -0.3 is 9.13 Å². The lowest BCUT2D eigenvalue weighted by molar-refractivity contribution is 1.05. The molecule has 0 unspecified atom stereocenters. The second kappa shape index (κ2) is 15.4. The normalized spacial score (nSPS) is 12.0. The summed E-state index contributed by atoms with van der Waals surface area (Å²) in [6.07, 6.45) is 0. The molecule has 71 heavy (non-hydrogen) atoms. The fourth-order valence-electron chi connectivity index (χ4n) is 12.2. The Morgan fingerprint density at radius 3 is 1.61 bits per heavy atom. The van der Waals surface area contributed by atoms with Crippen LogP contribution in [0.5, 0.6) is 0 Å². The van der Waals surface area contributed by atoms with Gasteiger partial charge in [-0.15, -0.1) is 0 Å². The van der Waals surface area contributed by atoms with Gasteiger partial charge >= 0.3 is 0 Å². The molecule has 0 radical (unpaired) electrons. The molecule has 2 heteroatoms. The Kier molecular flexibility index (Phi) is 8.61. The molecule has 0 amide bonds. The maximum atomic E-state index is 2.43. The van der Waals surface area contributed by atoms with Crippen LogP contribution in [0.3, 0.4) is 0 Å². The molecule has 330 valence electrons. The SMILES string of the molecule is Cc1cc2cc(-c3cc4ccc5ccccc5c4c4ccccc34)ccc2n1-c1cccc(-c2ccc3ccc4cc(-c5cccc6c5c5ccccc5n6-c5ccccc5)c5ccccc5c4c3c2)c1. The van der Waals surface area contributed by atoms with Crippen molar-refractivity contribution in [3.05, 3.63) is 254 Å². The van der Waals surface area contributed by atoms with Crippen molar-refractivity contribution >= 4 is 97.3 Å². The van der Waals surface area contributed by atoms with Crippen molar-refractivity contribution in [2.24, 2.45) is 0 Å². The van der Waals surface area contributed by atoms with Gasteiger partial charge in [0, 0.05) is 33.2 Å². The molecule has 0 saturated heterocycles. The van der Waals surface area contributed by atoms with Gasteiger partial charge in [0.1, 0.15) is 0 Å². The largest absolute Gasteiger partial charge is 0.314 e. The predicted octanol–water partition coefficient (Wildman–Crippen LogP) is 19.0. The molecule has 0 aliphatic rings. The molecule has 0 bridgehead atoms. The van der Waals surface area contributed by atoms with Gasteiger partial charge in [0.15, 0.2) is 0 Å². The molecule has 2 heterocycles. The zero-order valence-corrected chi connectivity index (χ0v) is 39.1. The van der Waals surface area contributed by atoms with Gasteiger partial charge in [-0.05, 0) is 178 Å². The summed E-state index contributed by atoms with van der Waals surface area (Å²) in [6.45, 7) is 2.23. The van der Waals surface area contributed by atoms with Crippen molar-refractivity contribution in [1.29, 1.82) is 0 Å². The van der Waals surface area contributed by atoms with Crippen LogP contribution < -0.4 is 0 Å². The van der Waals surface area contributed by atoms with E-state index in [-0.39, 0.29) is 0 Å². The molecule has 13 aromatic carbocycles. The quantitative estimate of drug-likeness (QED) is 0.152. The van der Waals surface area contributed by atoms with E-state index in [1.54, 1.807) is 0 Å². The molecule has 0 atom stereocenters. The number of aryl methyl sites for hydroxylation is 1. The van der Waals surface area contributed by atoms with Crippen LogP contribution in [0, 0.1) is 6.92 Å². The summed E-state index contributed by atoms with van der Waals surface area (Å²) in [5.74, 6) is 0. The lowest BCUT2D eigenvalue weighted by Crippen LogP contribution is -1.96. The summed E-state index contributed by atoms with van der Waals surface area (Å²) in [5, 5.41) is 19.0. The van der Waals surface area contributed by atoms with Crippen LogP contribution in [0.15, 0.2) is 249 Å². The van der Waals surface area contributed by atoms with Crippen molar-refractivity contribution in [2.75, 3.05) is 0 Å². The highest BCUT2D eigenvalue weighted by atomic mass is 15.0. The highest BCUT2D eigenvalue weighted by molar-refractivity contribution is 6.27. The maximum absolute atomic E-state index is 2.43. The smallest absolute Gasteiger partial charge is 0.0547 e. The Bertz CT molecular complexity index is 4700. The maximum Gasteiger partial charge on any atom is 0.0547 e. The highest BCUT2D eigenvalue weighted by Crippen LogP contribution is 2.45. The third-order valence-corrected chi connectivity index (χ3v) is 15.3. The van der Waals surface area contributed by atoms with E-state index in [0.29, 0.717) is 0 Å². The minimum Gasteiger partial charge on any atom is -0.314 e. The number of rotatable bonds is 5. The lowest BCUT2D eigenvalue weighted by atomic mass is 9.88. The standard InChI is InChI=1S/C69H44N2/c1-43-37-51-38-48(61-41-49-33-30-44-15-5-6-20-54(44)67(49)57-23-9-7-21-55(57)61)35-36-64(51)70(43)53-19-13-16-46(39-53)47-32-29-45-31-34-50-42-63(56-22-8-10-24-58(56)68(50)62(45)40-47)59-26-14-28-66-69(59)60-25-11-12-27-65(60)71(66)52-17-3-2-4-18-52/h2-42H,1H3. The minimum atomic E-state index is 1.15. The topological polar surface area (TPSA) is 9.86 Å². The lowest BCUT2D eigenvalue weighted by Gasteiger charge is -2.16. The van der Waals surface area contributed by atoms with Crippen LogP contribution in [-0.4, -0.2) is 9.13 Å². The molecule has 0 saturated carbocycles. The number of para-hydroxylation sites is 2. The van der Waals surface area contributed by atoms with Gasteiger partial charge in [-0.25, -0.2) is 0 Å². The summed E-state index contributed by atoms with van der Waals surface area (Å²) < 4.78 is 4.82. The van der Waals surface area contributed by atoms with Crippen LogP contribution in [0.25, 0.3) is 142 Å². The second-order valence-electron chi connectivity index (χ2n) is 19.3. The van der Waals surface area contributed by atoms with Gasteiger partial charge in [0.2, 0.25) is 0 Å². The number of hydrogen-bond donors (Lipinski definition) is 0. The van der Waals surface area contributed by atoms with E-state index in [1.165, 1.54) is 142 Å². The van der Waals surface area contributed by atoms with Gasteiger partial charge in [-0.3, -0.25) is 0 Å². The van der Waals surface area contributed by atoms with Crippen LogP contribution in [0.2, 0.25) is 0 Å². The minimum absolute atomic E-state index is 1.15. The summed E-state index contributed by atoms with van der Waals surface area (Å²) in [6, 6.07) is 92.4. The van der Waals surface area contributed by atoms with E-state index >= 15 is 0 Å². The Labute approximate surface area is 410 Å². The van der Waals surface area contributed by atoms with Gasteiger partial charge in [0.05, 0.1) is 16.6 Å². The Balaban J connectivity index is 0.847. The summed E-state index contributed by atoms with van der Waals surface area (Å²) in [7, 11) is 0. The molecule has 2 nitrogen and oxygen atoms in total. The first-order valence-electron chi connectivity index (χ1n) is 24.7. The number of hydrogen-bond acceptors (Lipinski definition) is 0. The number of nitrogens with zero attached hydrogens (tertiary/aromatic N) is 2. The molecule has 15 aromatic rings. The zero-order chi connectivity index (χ0) is 46.7. The van der Waals surface area contributed by atoms with Crippen molar-refractivity contribution in [3.63, 3.8) is 0 Å². The van der Waals surface area contributed by atoms with Crippen LogP contribution in [-0.2, 0) is 0 Å². The molecular weight excluding hydrogens is 857 g/mol. The van der Waals surface area contributed by atoms with Crippen LogP contribution in [0.4, 0.5) is 0 Å². The summed E-state index contributed by atoms with van der Waals surface area (Å²) in [4.78, 5) is 0. The zero-order valence-electron chi connectivity index (χ0n) is 39.1. The number of benzene rings is 13. The Morgan fingerprint density at radius 1 is 0.239 bits per heavy atom. The Hall–Kier alpha value is -9.24. The van der Waals surface area contributed by atoms with Gasteiger partial charge in [-0.1, -0.05) is 176 Å². The van der Waals surface area contributed by atoms with E-state index in [1.807, 2.05) is 0 Å². The number of aromatic nitrogens is 2. The Morgan fingerprint density at radius 2 is 0.803 bits per heavy atom. The van der Waals surface area contributed by atoms with Gasteiger partial charge in [-0.2, -0.15) is 0 Å². The van der Waals surface area contributed by atoms with E-state index in [0.717, 1.165) is 5.69 Å². The van der Waals surface area contributed by atoms with E-state index in [2.05, 4.69) is 265 Å². The molecular formula is C69H44N2. The molecule has 0 N–H and O–H groups in total. The molecule has 0 aliphatic carbocycles. The fourth-order valence-corrected chi connectivity index (χ4v) is 12.2. The van der Waals surface area contributed by atoms with E-state index in [9.17, 15) is 0 Å². The molecule has 0 aliphatic heterocycles. The first kappa shape index (κ1) is 39.7. The monoisotopic (exact) mass is 900 g/mol. The molecule has 0 spiro atoms. The molecule has 15 rings (SSSR count). The average molecular weight is 901 g/mol. The van der Waals surface area contributed by atoms with E-state index < -0.39 is 0 Å². The van der Waals surface area contributed by atoms with Crippen molar-refractivity contribution in [3.8, 4) is 44.8 Å². The third kappa shape index (κ3) is 6.01. The van der Waals surface area contributed by atoms with E-state index in [4.69, 9.17) is 0 Å². The third-order valence-electron chi connectivity index (χ3n) is 15.3. The van der Waals surface area contributed by atoms with Gasteiger partial charge in [0.25, 0.3) is 0 Å².